The molecule has 0 unspecified atom stereocenters. The summed E-state index contributed by atoms with van der Waals surface area (Å²) in [6.07, 6.45) is 4.26. The van der Waals surface area contributed by atoms with Crippen LogP contribution in [0.2, 0.25) is 0 Å². The average Bonchev–Trinajstić information content (AvgIpc) is 3.65. The van der Waals surface area contributed by atoms with Gasteiger partial charge in [0.2, 0.25) is 0 Å². The highest BCUT2D eigenvalue weighted by Gasteiger charge is 2.13. The summed E-state index contributed by atoms with van der Waals surface area (Å²) in [5, 5.41) is 0. The molecule has 0 amide bonds. The molecule has 0 saturated heterocycles. The number of fused-ring (bicyclic) bond motifs is 2. The van der Waals surface area contributed by atoms with Crippen LogP contribution in [-0.2, 0) is 0 Å². The molecule has 0 fully saturated rings. The number of nitrogens with zero attached hydrogens (tertiary/aromatic N) is 4. The number of aliphatic imine (C=N–C) groups is 2. The second-order valence-corrected chi connectivity index (χ2v) is 10.1. The fourth-order valence-corrected chi connectivity index (χ4v) is 4.96. The van der Waals surface area contributed by atoms with E-state index >= 15 is 0 Å². The lowest BCUT2D eigenvalue weighted by Gasteiger charge is -2.00. The summed E-state index contributed by atoms with van der Waals surface area (Å²) in [7, 11) is 0. The minimum atomic E-state index is 0.562. The van der Waals surface area contributed by atoms with E-state index in [9.17, 15) is 0 Å². The van der Waals surface area contributed by atoms with Crippen LogP contribution in [0.5, 0.6) is 0 Å². The number of nitrogens with one attached hydrogen (secondary N) is 2. The first kappa shape index (κ1) is 24.7. The largest absolute Gasteiger partial charge is 0.384 e. The first-order valence-corrected chi connectivity index (χ1v) is 13.6. The van der Waals surface area contributed by atoms with E-state index in [1.165, 1.54) is 0 Å². The zero-order valence-corrected chi connectivity index (χ0v) is 22.0. The van der Waals surface area contributed by atoms with Crippen LogP contribution in [0.1, 0.15) is 50.7 Å². The predicted octanol–water partition coefficient (Wildman–Crippen LogP) is 5.85. The van der Waals surface area contributed by atoms with Crippen molar-refractivity contribution in [3.8, 4) is 21.4 Å². The van der Waals surface area contributed by atoms with Gasteiger partial charge >= 0.3 is 0 Å². The van der Waals surface area contributed by atoms with E-state index in [1.807, 2.05) is 36.4 Å². The Morgan fingerprint density at radius 3 is 1.62 bits per heavy atom. The molecule has 2 aromatic carbocycles. The van der Waals surface area contributed by atoms with E-state index < -0.39 is 0 Å². The third-order valence-corrected chi connectivity index (χ3v) is 7.31. The summed E-state index contributed by atoms with van der Waals surface area (Å²) in [5.74, 6) is 2.76. The van der Waals surface area contributed by atoms with Crippen LogP contribution in [0.4, 0.5) is 0 Å². The van der Waals surface area contributed by atoms with E-state index in [0.717, 1.165) is 93.4 Å². The number of imidazole rings is 2. The van der Waals surface area contributed by atoms with Crippen molar-refractivity contribution in [2.75, 3.05) is 13.1 Å². The van der Waals surface area contributed by atoms with Crippen LogP contribution in [0.15, 0.2) is 58.5 Å². The number of aromatic nitrogens is 4. The SMILES string of the molecule is CCCCN=C(N)c1ccc2nc(-c3ccc(-c4nc5ccc(C(N)=NCCCC)cc5[nH]4)s3)[nH]c2c1. The summed E-state index contributed by atoms with van der Waals surface area (Å²) in [6.45, 7) is 5.78. The number of unbranched alkanes of at least 4 members (excludes halogenated alkanes) is 2. The number of H-pyrrole nitrogens is 2. The number of benzene rings is 2. The van der Waals surface area contributed by atoms with E-state index in [2.05, 4.69) is 45.9 Å². The first-order chi connectivity index (χ1) is 18.1. The van der Waals surface area contributed by atoms with Gasteiger partial charge < -0.3 is 21.4 Å². The van der Waals surface area contributed by atoms with Gasteiger partial charge in [0.15, 0.2) is 0 Å². The van der Waals surface area contributed by atoms with Crippen molar-refractivity contribution in [1.29, 1.82) is 0 Å². The molecule has 0 aliphatic heterocycles. The Bertz CT molecular complexity index is 1470. The number of hydrogen-bond acceptors (Lipinski definition) is 5. The zero-order chi connectivity index (χ0) is 25.8. The van der Waals surface area contributed by atoms with Crippen LogP contribution in [0, 0.1) is 0 Å². The molecule has 3 heterocycles. The molecule has 0 aliphatic carbocycles. The van der Waals surface area contributed by atoms with Crippen LogP contribution in [0.25, 0.3) is 43.5 Å². The highest BCUT2D eigenvalue weighted by Crippen LogP contribution is 2.34. The average molecular weight is 513 g/mol. The Kier molecular flexibility index (Phi) is 7.32. The van der Waals surface area contributed by atoms with E-state index in [0.29, 0.717) is 11.7 Å². The molecule has 0 spiro atoms. The predicted molar refractivity (Wildman–Crippen MR) is 155 cm³/mol. The van der Waals surface area contributed by atoms with Gasteiger partial charge in [0, 0.05) is 24.2 Å². The van der Waals surface area contributed by atoms with E-state index in [1.54, 1.807) is 11.3 Å². The maximum Gasteiger partial charge on any atom is 0.148 e. The summed E-state index contributed by atoms with van der Waals surface area (Å²) in [4.78, 5) is 27.5. The number of thiophene rings is 1. The Labute approximate surface area is 220 Å². The van der Waals surface area contributed by atoms with Gasteiger partial charge in [-0.25, -0.2) is 9.97 Å². The molecule has 5 aromatic rings. The van der Waals surface area contributed by atoms with Crippen LogP contribution in [-0.4, -0.2) is 44.7 Å². The van der Waals surface area contributed by atoms with Gasteiger partial charge in [-0.2, -0.15) is 0 Å². The van der Waals surface area contributed by atoms with Crippen molar-refractivity contribution in [3.05, 3.63) is 59.7 Å². The number of aromatic amines is 2. The standard InChI is InChI=1S/C28H32N8S/c1-3-5-13-31-25(29)17-7-9-19-21(15-17)35-27(33-19)23-11-12-24(37-23)28-34-20-10-8-18(16-22(20)36-28)26(30)32-14-6-4-2/h7-12,15-16H,3-6,13-14H2,1-2H3,(H2,29,31)(H2,30,32)(H,33,35)(H,34,36). The normalized spacial score (nSPS) is 12.7. The highest BCUT2D eigenvalue weighted by atomic mass is 32.1. The number of rotatable bonds is 10. The first-order valence-electron chi connectivity index (χ1n) is 12.8. The molecule has 9 heteroatoms. The molecule has 8 nitrogen and oxygen atoms in total. The van der Waals surface area contributed by atoms with Crippen molar-refractivity contribution in [2.24, 2.45) is 21.5 Å². The van der Waals surface area contributed by atoms with Crippen molar-refractivity contribution in [3.63, 3.8) is 0 Å². The lowest BCUT2D eigenvalue weighted by Crippen LogP contribution is -2.13. The summed E-state index contributed by atoms with van der Waals surface area (Å²) in [5.41, 5.74) is 17.9. The van der Waals surface area contributed by atoms with Gasteiger partial charge in [0.1, 0.15) is 23.3 Å². The monoisotopic (exact) mass is 512 g/mol. The van der Waals surface area contributed by atoms with Crippen molar-refractivity contribution < 1.29 is 0 Å². The van der Waals surface area contributed by atoms with Crippen LogP contribution in [0.3, 0.4) is 0 Å². The van der Waals surface area contributed by atoms with Crippen LogP contribution >= 0.6 is 11.3 Å². The lowest BCUT2D eigenvalue weighted by atomic mass is 10.2. The highest BCUT2D eigenvalue weighted by molar-refractivity contribution is 7.18. The Morgan fingerprint density at radius 2 is 1.19 bits per heavy atom. The van der Waals surface area contributed by atoms with Crippen molar-refractivity contribution >= 4 is 45.1 Å². The Balaban J connectivity index is 1.38. The number of nitrogens with two attached hydrogens (primary N) is 2. The van der Waals surface area contributed by atoms with Crippen LogP contribution < -0.4 is 11.5 Å². The fourth-order valence-electron chi connectivity index (χ4n) is 4.06. The van der Waals surface area contributed by atoms with Gasteiger partial charge in [-0.1, -0.05) is 26.7 Å². The topological polar surface area (TPSA) is 134 Å². The molecular formula is C28H32N8S. The molecule has 0 bridgehead atoms. The third kappa shape index (κ3) is 5.41. The molecule has 0 aliphatic rings. The Morgan fingerprint density at radius 1 is 0.730 bits per heavy atom. The minimum Gasteiger partial charge on any atom is -0.384 e. The summed E-state index contributed by atoms with van der Waals surface area (Å²) in [6, 6.07) is 16.1. The zero-order valence-electron chi connectivity index (χ0n) is 21.2. The van der Waals surface area contributed by atoms with E-state index in [-0.39, 0.29) is 0 Å². The molecule has 0 radical (unpaired) electrons. The van der Waals surface area contributed by atoms with Gasteiger partial charge in [-0.3, -0.25) is 9.98 Å². The molecule has 0 atom stereocenters. The van der Waals surface area contributed by atoms with Crippen molar-refractivity contribution in [2.45, 2.75) is 39.5 Å². The second kappa shape index (κ2) is 11.0. The quantitative estimate of drug-likeness (QED) is 0.106. The summed E-state index contributed by atoms with van der Waals surface area (Å²) >= 11 is 1.63. The molecule has 5 rings (SSSR count). The molecule has 6 N–H and O–H groups in total. The summed E-state index contributed by atoms with van der Waals surface area (Å²) < 4.78 is 0. The fraction of sp³-hybridized carbons (Fsp3) is 0.286. The second-order valence-electron chi connectivity index (χ2n) is 9.04. The third-order valence-electron chi connectivity index (χ3n) is 6.22. The van der Waals surface area contributed by atoms with Gasteiger partial charge in [0.05, 0.1) is 31.8 Å². The minimum absolute atomic E-state index is 0.562. The molecule has 190 valence electrons. The molecule has 37 heavy (non-hydrogen) atoms. The number of amidine groups is 2. The maximum absolute atomic E-state index is 6.19. The lowest BCUT2D eigenvalue weighted by molar-refractivity contribution is 0.807. The van der Waals surface area contributed by atoms with Gasteiger partial charge in [-0.05, 0) is 61.4 Å². The van der Waals surface area contributed by atoms with Gasteiger partial charge in [-0.15, -0.1) is 11.3 Å². The smallest absolute Gasteiger partial charge is 0.148 e. The van der Waals surface area contributed by atoms with Gasteiger partial charge in [0.25, 0.3) is 0 Å². The molecule has 0 saturated carbocycles. The van der Waals surface area contributed by atoms with Crippen molar-refractivity contribution in [1.82, 2.24) is 19.9 Å². The molecular weight excluding hydrogens is 480 g/mol. The molecule has 3 aromatic heterocycles. The van der Waals surface area contributed by atoms with E-state index in [4.69, 9.17) is 21.4 Å². The number of hydrogen-bond donors (Lipinski definition) is 4. The Hall–Kier alpha value is -3.98. The maximum atomic E-state index is 6.19.